The lowest BCUT2D eigenvalue weighted by molar-refractivity contribution is -0.119. The first kappa shape index (κ1) is 20.8. The van der Waals surface area contributed by atoms with Crippen molar-refractivity contribution in [1.29, 1.82) is 0 Å². The summed E-state index contributed by atoms with van der Waals surface area (Å²) < 4.78 is 14.0. The summed E-state index contributed by atoms with van der Waals surface area (Å²) in [5.74, 6) is -0.317. The van der Waals surface area contributed by atoms with Crippen LogP contribution in [0.4, 0.5) is 10.1 Å². The first-order valence-electron chi connectivity index (χ1n) is 9.90. The van der Waals surface area contributed by atoms with Gasteiger partial charge >= 0.3 is 0 Å². The summed E-state index contributed by atoms with van der Waals surface area (Å²) in [7, 11) is 0. The van der Waals surface area contributed by atoms with Crippen LogP contribution >= 0.6 is 11.6 Å². The monoisotopic (exact) mass is 433 g/mol. The third kappa shape index (κ3) is 4.84. The number of carbonyl (C=O) groups excluding carboxylic acids is 1. The zero-order valence-corrected chi connectivity index (χ0v) is 17.7. The summed E-state index contributed by atoms with van der Waals surface area (Å²) in [4.78, 5) is 15.5. The molecule has 0 spiro atoms. The molecule has 2 N–H and O–H groups in total. The van der Waals surface area contributed by atoms with E-state index in [1.807, 2.05) is 42.5 Å². The van der Waals surface area contributed by atoms with Gasteiger partial charge in [-0.3, -0.25) is 9.78 Å². The number of aromatic nitrogens is 1. The average Bonchev–Trinajstić information content (AvgIpc) is 2.78. The van der Waals surface area contributed by atoms with Gasteiger partial charge in [-0.1, -0.05) is 60.1 Å². The summed E-state index contributed by atoms with van der Waals surface area (Å²) in [5, 5.41) is 7.41. The third-order valence-electron chi connectivity index (χ3n) is 5.06. The summed E-state index contributed by atoms with van der Waals surface area (Å²) >= 11 is 6.44. The van der Waals surface area contributed by atoms with Gasteiger partial charge < -0.3 is 10.6 Å². The van der Waals surface area contributed by atoms with Gasteiger partial charge in [0.05, 0.1) is 16.2 Å². The van der Waals surface area contributed by atoms with Crippen molar-refractivity contribution in [3.05, 3.63) is 94.9 Å². The van der Waals surface area contributed by atoms with Crippen LogP contribution in [-0.2, 0) is 17.9 Å². The second kappa shape index (κ2) is 9.14. The van der Waals surface area contributed by atoms with E-state index in [1.54, 1.807) is 24.4 Å². The van der Waals surface area contributed by atoms with Crippen LogP contribution in [0.5, 0.6) is 0 Å². The van der Waals surface area contributed by atoms with Gasteiger partial charge in [-0.2, -0.15) is 0 Å². The Balaban J connectivity index is 1.64. The molecule has 1 heterocycles. The van der Waals surface area contributed by atoms with Gasteiger partial charge in [0.1, 0.15) is 5.82 Å². The molecule has 0 fully saturated rings. The van der Waals surface area contributed by atoms with Crippen LogP contribution in [0.2, 0.25) is 5.02 Å². The van der Waals surface area contributed by atoms with Gasteiger partial charge in [0.25, 0.3) is 0 Å². The van der Waals surface area contributed by atoms with Gasteiger partial charge in [-0.05, 0) is 34.9 Å². The normalized spacial score (nSPS) is 10.8. The van der Waals surface area contributed by atoms with Crippen molar-refractivity contribution in [1.82, 2.24) is 10.3 Å². The Hall–Kier alpha value is -3.44. The molecule has 4 aromatic rings. The van der Waals surface area contributed by atoms with Crippen molar-refractivity contribution < 1.29 is 9.18 Å². The lowest BCUT2D eigenvalue weighted by atomic mass is 10.0. The minimum atomic E-state index is -0.260. The summed E-state index contributed by atoms with van der Waals surface area (Å²) in [6.45, 7) is 2.31. The molecule has 4 rings (SSSR count). The Labute approximate surface area is 185 Å². The summed E-state index contributed by atoms with van der Waals surface area (Å²) in [5.41, 5.74) is 5.15. The number of anilines is 1. The molecule has 0 radical (unpaired) electrons. The number of pyridine rings is 1. The van der Waals surface area contributed by atoms with E-state index in [4.69, 9.17) is 11.6 Å². The molecular weight excluding hydrogens is 413 g/mol. The molecule has 0 aliphatic carbocycles. The van der Waals surface area contributed by atoms with Gasteiger partial charge in [0.15, 0.2) is 0 Å². The lowest BCUT2D eigenvalue weighted by Crippen LogP contribution is -2.18. The topological polar surface area (TPSA) is 54.0 Å². The Morgan fingerprint density at radius 1 is 1.00 bits per heavy atom. The molecule has 0 saturated carbocycles. The number of rotatable bonds is 6. The first-order chi connectivity index (χ1) is 15.0. The van der Waals surface area contributed by atoms with E-state index in [0.717, 1.165) is 33.3 Å². The maximum absolute atomic E-state index is 14.0. The molecule has 31 heavy (non-hydrogen) atoms. The van der Waals surface area contributed by atoms with Gasteiger partial charge in [-0.25, -0.2) is 4.39 Å². The number of benzene rings is 3. The van der Waals surface area contributed by atoms with Crippen LogP contribution < -0.4 is 10.6 Å². The Morgan fingerprint density at radius 2 is 1.74 bits per heavy atom. The van der Waals surface area contributed by atoms with Gasteiger partial charge in [0.2, 0.25) is 5.91 Å². The van der Waals surface area contributed by atoms with Crippen LogP contribution in [0, 0.1) is 5.82 Å². The van der Waals surface area contributed by atoms with Crippen LogP contribution in [-0.4, -0.2) is 10.9 Å². The number of halogens is 2. The number of carbonyl (C=O) groups is 1. The van der Waals surface area contributed by atoms with Crippen molar-refractivity contribution in [2.45, 2.75) is 20.0 Å². The highest BCUT2D eigenvalue weighted by molar-refractivity contribution is 6.34. The van der Waals surface area contributed by atoms with Crippen LogP contribution in [0.25, 0.3) is 22.0 Å². The number of nitrogens with one attached hydrogen (secondary N) is 2. The van der Waals surface area contributed by atoms with E-state index in [1.165, 1.54) is 13.0 Å². The molecule has 0 saturated heterocycles. The molecule has 0 atom stereocenters. The standard InChI is InChI=1S/C25H21ClFN3O/c1-16(31)28-13-17-6-8-18(9-7-17)19-10-11-24-21(12-19)25(22(26)15-29-24)30-14-20-4-2-3-5-23(20)27/h2-12,15H,13-14H2,1H3,(H,28,31)(H,29,30). The van der Waals surface area contributed by atoms with E-state index in [0.29, 0.717) is 23.7 Å². The number of amides is 1. The molecule has 1 amide bonds. The smallest absolute Gasteiger partial charge is 0.217 e. The van der Waals surface area contributed by atoms with E-state index in [2.05, 4.69) is 15.6 Å². The van der Waals surface area contributed by atoms with E-state index in [9.17, 15) is 9.18 Å². The Morgan fingerprint density at radius 3 is 2.48 bits per heavy atom. The van der Waals surface area contributed by atoms with Crippen LogP contribution in [0.1, 0.15) is 18.1 Å². The highest BCUT2D eigenvalue weighted by Gasteiger charge is 2.10. The van der Waals surface area contributed by atoms with Gasteiger partial charge in [0, 0.05) is 37.2 Å². The molecule has 3 aromatic carbocycles. The molecular formula is C25H21ClFN3O. The predicted molar refractivity (Wildman–Crippen MR) is 123 cm³/mol. The SMILES string of the molecule is CC(=O)NCc1ccc(-c2ccc3ncc(Cl)c(NCc4ccccc4F)c3c2)cc1. The van der Waals surface area contributed by atoms with Gasteiger partial charge in [-0.15, -0.1) is 0 Å². The fraction of sp³-hybridized carbons (Fsp3) is 0.120. The molecule has 4 nitrogen and oxygen atoms in total. The molecule has 0 aliphatic heterocycles. The quantitative estimate of drug-likeness (QED) is 0.395. The van der Waals surface area contributed by atoms with Crippen molar-refractivity contribution >= 4 is 34.1 Å². The minimum absolute atomic E-state index is 0.0570. The molecule has 1 aromatic heterocycles. The lowest BCUT2D eigenvalue weighted by Gasteiger charge is -2.13. The third-order valence-corrected chi connectivity index (χ3v) is 5.35. The minimum Gasteiger partial charge on any atom is -0.379 e. The largest absolute Gasteiger partial charge is 0.379 e. The Bertz CT molecular complexity index is 1240. The van der Waals surface area contributed by atoms with E-state index < -0.39 is 0 Å². The average molecular weight is 434 g/mol. The highest BCUT2D eigenvalue weighted by atomic mass is 35.5. The second-order valence-electron chi connectivity index (χ2n) is 7.26. The van der Waals surface area contributed by atoms with E-state index >= 15 is 0 Å². The molecule has 0 unspecified atom stereocenters. The summed E-state index contributed by atoms with van der Waals surface area (Å²) in [6, 6.07) is 20.7. The Kier molecular flexibility index (Phi) is 6.14. The number of nitrogens with zero attached hydrogens (tertiary/aromatic N) is 1. The van der Waals surface area contributed by atoms with Crippen LogP contribution in [0.3, 0.4) is 0 Å². The van der Waals surface area contributed by atoms with Crippen molar-refractivity contribution in [3.8, 4) is 11.1 Å². The zero-order chi connectivity index (χ0) is 21.8. The maximum atomic E-state index is 14.0. The molecule has 156 valence electrons. The maximum Gasteiger partial charge on any atom is 0.217 e. The molecule has 0 aliphatic rings. The fourth-order valence-electron chi connectivity index (χ4n) is 3.39. The summed E-state index contributed by atoms with van der Waals surface area (Å²) in [6.07, 6.45) is 1.60. The van der Waals surface area contributed by atoms with Crippen molar-refractivity contribution in [2.24, 2.45) is 0 Å². The fourth-order valence-corrected chi connectivity index (χ4v) is 3.61. The van der Waals surface area contributed by atoms with Crippen molar-refractivity contribution in [3.63, 3.8) is 0 Å². The number of fused-ring (bicyclic) bond motifs is 1. The highest BCUT2D eigenvalue weighted by Crippen LogP contribution is 2.33. The second-order valence-corrected chi connectivity index (χ2v) is 7.67. The zero-order valence-electron chi connectivity index (χ0n) is 17.0. The number of hydrogen-bond donors (Lipinski definition) is 2. The predicted octanol–water partition coefficient (Wildman–Crippen LogP) is 5.94. The molecule has 0 bridgehead atoms. The molecule has 6 heteroatoms. The first-order valence-corrected chi connectivity index (χ1v) is 10.3. The van der Waals surface area contributed by atoms with E-state index in [-0.39, 0.29) is 11.7 Å². The van der Waals surface area contributed by atoms with Crippen LogP contribution in [0.15, 0.2) is 72.9 Å². The van der Waals surface area contributed by atoms with Crippen molar-refractivity contribution in [2.75, 3.05) is 5.32 Å². The number of hydrogen-bond acceptors (Lipinski definition) is 3.